The van der Waals surface area contributed by atoms with Gasteiger partial charge in [-0.1, -0.05) is 73.6 Å². The largest absolute Gasteiger partial charge is 0.0654 e. The Morgan fingerprint density at radius 2 is 1.31 bits per heavy atom. The Hall–Kier alpha value is 0. The quantitative estimate of drug-likeness (QED) is 0.448. The summed E-state index contributed by atoms with van der Waals surface area (Å²) in [6.45, 7) is 14.3. The molecule has 16 heavy (non-hydrogen) atoms. The van der Waals surface area contributed by atoms with Gasteiger partial charge in [-0.25, -0.2) is 0 Å². The molecule has 0 aliphatic rings. The SMILES string of the molecule is CCCC(C)CCC(C)(C)CC(C)CCC. The minimum Gasteiger partial charge on any atom is -0.0654 e. The molecule has 0 aromatic heterocycles. The standard InChI is InChI=1S/C16H34/c1-7-9-14(3)11-12-16(5,6)13-15(4)10-8-2/h14-15H,7-13H2,1-6H3. The fraction of sp³-hybridized carbons (Fsp3) is 1.00. The molecule has 0 N–H and O–H groups in total. The molecule has 0 heterocycles. The first-order valence-electron chi connectivity index (χ1n) is 7.41. The summed E-state index contributed by atoms with van der Waals surface area (Å²) in [6, 6.07) is 0. The van der Waals surface area contributed by atoms with Crippen LogP contribution in [0, 0.1) is 17.3 Å². The molecule has 98 valence electrons. The highest BCUT2D eigenvalue weighted by molar-refractivity contribution is 4.73. The third-order valence-corrected chi connectivity index (χ3v) is 3.78. The lowest BCUT2D eigenvalue weighted by atomic mass is 9.77. The van der Waals surface area contributed by atoms with Gasteiger partial charge >= 0.3 is 0 Å². The van der Waals surface area contributed by atoms with Crippen molar-refractivity contribution in [1.29, 1.82) is 0 Å². The summed E-state index contributed by atoms with van der Waals surface area (Å²) in [5.41, 5.74) is 0.552. The zero-order valence-electron chi connectivity index (χ0n) is 12.6. The highest BCUT2D eigenvalue weighted by Crippen LogP contribution is 2.34. The van der Waals surface area contributed by atoms with Crippen LogP contribution in [0.2, 0.25) is 0 Å². The lowest BCUT2D eigenvalue weighted by Crippen LogP contribution is -2.17. The maximum absolute atomic E-state index is 2.46. The van der Waals surface area contributed by atoms with Crippen molar-refractivity contribution in [3.8, 4) is 0 Å². The lowest BCUT2D eigenvalue weighted by Gasteiger charge is -2.29. The van der Waals surface area contributed by atoms with Crippen molar-refractivity contribution < 1.29 is 0 Å². The second kappa shape index (κ2) is 8.14. The Kier molecular flexibility index (Phi) is 8.14. The van der Waals surface area contributed by atoms with Crippen molar-refractivity contribution >= 4 is 0 Å². The summed E-state index contributed by atoms with van der Waals surface area (Å²) in [4.78, 5) is 0. The van der Waals surface area contributed by atoms with Gasteiger partial charge in [0.2, 0.25) is 0 Å². The predicted molar refractivity (Wildman–Crippen MR) is 75.8 cm³/mol. The minimum atomic E-state index is 0.552. The van der Waals surface area contributed by atoms with Crippen molar-refractivity contribution in [2.75, 3.05) is 0 Å². The molecule has 0 radical (unpaired) electrons. The molecule has 0 aromatic carbocycles. The second-order valence-electron chi connectivity index (χ2n) is 6.69. The molecule has 2 atom stereocenters. The first kappa shape index (κ1) is 16.0. The molecule has 0 saturated carbocycles. The van der Waals surface area contributed by atoms with E-state index in [1.807, 2.05) is 0 Å². The molecular formula is C16H34. The topological polar surface area (TPSA) is 0 Å². The van der Waals surface area contributed by atoms with Gasteiger partial charge in [0.25, 0.3) is 0 Å². The van der Waals surface area contributed by atoms with Crippen LogP contribution in [-0.2, 0) is 0 Å². The van der Waals surface area contributed by atoms with E-state index in [9.17, 15) is 0 Å². The fourth-order valence-electron chi connectivity index (χ4n) is 2.91. The van der Waals surface area contributed by atoms with E-state index in [-0.39, 0.29) is 0 Å². The van der Waals surface area contributed by atoms with Crippen LogP contribution in [0.3, 0.4) is 0 Å². The molecule has 0 rings (SSSR count). The van der Waals surface area contributed by atoms with Gasteiger partial charge < -0.3 is 0 Å². The van der Waals surface area contributed by atoms with Gasteiger partial charge in [0.15, 0.2) is 0 Å². The maximum atomic E-state index is 2.46. The molecule has 2 unspecified atom stereocenters. The number of hydrogen-bond donors (Lipinski definition) is 0. The predicted octanol–water partition coefficient (Wildman–Crippen LogP) is 6.06. The summed E-state index contributed by atoms with van der Waals surface area (Å²) in [6.07, 6.45) is 9.70. The Bertz CT molecular complexity index is 157. The minimum absolute atomic E-state index is 0.552. The summed E-state index contributed by atoms with van der Waals surface area (Å²) >= 11 is 0. The molecular weight excluding hydrogens is 192 g/mol. The summed E-state index contributed by atoms with van der Waals surface area (Å²) < 4.78 is 0. The Morgan fingerprint density at radius 1 is 0.812 bits per heavy atom. The van der Waals surface area contributed by atoms with Crippen molar-refractivity contribution in [3.63, 3.8) is 0 Å². The van der Waals surface area contributed by atoms with Crippen LogP contribution in [0.4, 0.5) is 0 Å². The zero-order valence-corrected chi connectivity index (χ0v) is 12.6. The van der Waals surface area contributed by atoms with Gasteiger partial charge in [-0.05, 0) is 30.1 Å². The highest BCUT2D eigenvalue weighted by Gasteiger charge is 2.21. The molecule has 0 heteroatoms. The first-order chi connectivity index (χ1) is 7.41. The number of rotatable bonds is 9. The van der Waals surface area contributed by atoms with E-state index in [0.29, 0.717) is 5.41 Å². The third-order valence-electron chi connectivity index (χ3n) is 3.78. The van der Waals surface area contributed by atoms with Gasteiger partial charge in [0.1, 0.15) is 0 Å². The molecule has 0 bridgehead atoms. The molecule has 0 amide bonds. The van der Waals surface area contributed by atoms with Crippen LogP contribution in [0.15, 0.2) is 0 Å². The highest BCUT2D eigenvalue weighted by atomic mass is 14.3. The number of hydrogen-bond acceptors (Lipinski definition) is 0. The van der Waals surface area contributed by atoms with Gasteiger partial charge in [0, 0.05) is 0 Å². The maximum Gasteiger partial charge on any atom is -0.0352 e. The van der Waals surface area contributed by atoms with Crippen LogP contribution in [0.25, 0.3) is 0 Å². The summed E-state index contributed by atoms with van der Waals surface area (Å²) in [5.74, 6) is 1.83. The molecule has 0 aliphatic heterocycles. The Balaban J connectivity index is 3.85. The average molecular weight is 226 g/mol. The van der Waals surface area contributed by atoms with Crippen LogP contribution >= 0.6 is 0 Å². The second-order valence-corrected chi connectivity index (χ2v) is 6.69. The molecule has 0 nitrogen and oxygen atoms in total. The van der Waals surface area contributed by atoms with Gasteiger partial charge in [-0.2, -0.15) is 0 Å². The zero-order chi connectivity index (χ0) is 12.6. The van der Waals surface area contributed by atoms with Crippen molar-refractivity contribution in [3.05, 3.63) is 0 Å². The Morgan fingerprint density at radius 3 is 1.81 bits per heavy atom. The molecule has 0 aromatic rings. The van der Waals surface area contributed by atoms with Crippen molar-refractivity contribution in [1.82, 2.24) is 0 Å². The van der Waals surface area contributed by atoms with Crippen molar-refractivity contribution in [2.24, 2.45) is 17.3 Å². The Labute approximate surface area is 104 Å². The normalized spacial score (nSPS) is 16.1. The third kappa shape index (κ3) is 8.19. The van der Waals surface area contributed by atoms with E-state index in [1.54, 1.807) is 0 Å². The van der Waals surface area contributed by atoms with E-state index in [0.717, 1.165) is 11.8 Å². The van der Waals surface area contributed by atoms with E-state index in [1.165, 1.54) is 44.9 Å². The summed E-state index contributed by atoms with van der Waals surface area (Å²) in [7, 11) is 0. The molecule has 0 fully saturated rings. The van der Waals surface area contributed by atoms with Gasteiger partial charge in [-0.15, -0.1) is 0 Å². The summed E-state index contributed by atoms with van der Waals surface area (Å²) in [5, 5.41) is 0. The molecule has 0 aliphatic carbocycles. The van der Waals surface area contributed by atoms with Gasteiger partial charge in [-0.3, -0.25) is 0 Å². The van der Waals surface area contributed by atoms with Gasteiger partial charge in [0.05, 0.1) is 0 Å². The van der Waals surface area contributed by atoms with Crippen LogP contribution in [0.5, 0.6) is 0 Å². The smallest absolute Gasteiger partial charge is 0.0352 e. The van der Waals surface area contributed by atoms with E-state index in [2.05, 4.69) is 41.5 Å². The van der Waals surface area contributed by atoms with Crippen molar-refractivity contribution in [2.45, 2.75) is 86.5 Å². The van der Waals surface area contributed by atoms with Crippen LogP contribution < -0.4 is 0 Å². The van der Waals surface area contributed by atoms with E-state index in [4.69, 9.17) is 0 Å². The first-order valence-corrected chi connectivity index (χ1v) is 7.41. The lowest BCUT2D eigenvalue weighted by molar-refractivity contribution is 0.228. The van der Waals surface area contributed by atoms with Crippen LogP contribution in [0.1, 0.15) is 86.5 Å². The van der Waals surface area contributed by atoms with Crippen LogP contribution in [-0.4, -0.2) is 0 Å². The van der Waals surface area contributed by atoms with E-state index >= 15 is 0 Å². The monoisotopic (exact) mass is 226 g/mol. The fourth-order valence-corrected chi connectivity index (χ4v) is 2.91. The molecule has 0 spiro atoms. The molecule has 0 saturated heterocycles. The average Bonchev–Trinajstić information content (AvgIpc) is 2.15. The van der Waals surface area contributed by atoms with E-state index < -0.39 is 0 Å².